The Morgan fingerprint density at radius 2 is 1.64 bits per heavy atom. The van der Waals surface area contributed by atoms with Crippen LogP contribution in [0.4, 0.5) is 11.4 Å². The number of nitrogens with one attached hydrogen (secondary N) is 1. The number of anilines is 1. The molecule has 0 spiro atoms. The number of amides is 1. The first kappa shape index (κ1) is 28.4. The number of rotatable bonds is 8. The Morgan fingerprint density at radius 3 is 2.43 bits per heavy atom. The zero-order chi connectivity index (χ0) is 28.9. The van der Waals surface area contributed by atoms with Gasteiger partial charge in [-0.15, -0.1) is 0 Å². The molecule has 7 heteroatoms. The Hall–Kier alpha value is -3.68. The van der Waals surface area contributed by atoms with Gasteiger partial charge in [0.05, 0.1) is 18.2 Å². The number of hydrogen-bond donors (Lipinski definition) is 1. The summed E-state index contributed by atoms with van der Waals surface area (Å²) in [5.74, 6) is 1.02. The Balaban J connectivity index is 1.31. The first-order chi connectivity index (χ1) is 20.5. The molecule has 2 heterocycles. The lowest BCUT2D eigenvalue weighted by Crippen LogP contribution is -2.56. The van der Waals surface area contributed by atoms with Gasteiger partial charge in [0.25, 0.3) is 0 Å². The number of carbonyl (C=O) groups excluding carboxylic acids is 1. The van der Waals surface area contributed by atoms with Crippen molar-refractivity contribution in [2.45, 2.75) is 44.7 Å². The SMILES string of the molecule is CN(C)CCN1CCN(C2=Nc3ccccc3C(CC(=O)NCc3ccccc3)N2c2ccc3c(c2)CCCC3)CC1. The molecule has 1 aliphatic carbocycles. The molecule has 1 atom stereocenters. The highest BCUT2D eigenvalue weighted by atomic mass is 16.1. The number of likely N-dealkylation sites (N-methyl/N-ethyl adjacent to an activating group) is 1. The van der Waals surface area contributed by atoms with Gasteiger partial charge >= 0.3 is 0 Å². The number of aliphatic imine (C=N–C) groups is 1. The van der Waals surface area contributed by atoms with E-state index >= 15 is 0 Å². The van der Waals surface area contributed by atoms with Crippen LogP contribution in [0.1, 0.15) is 47.6 Å². The first-order valence-corrected chi connectivity index (χ1v) is 15.6. The number of para-hydroxylation sites is 1. The number of aryl methyl sites for hydroxylation is 2. The van der Waals surface area contributed by atoms with E-state index in [4.69, 9.17) is 4.99 Å². The molecule has 6 rings (SSSR count). The van der Waals surface area contributed by atoms with E-state index in [-0.39, 0.29) is 11.9 Å². The van der Waals surface area contributed by atoms with Crippen molar-refractivity contribution in [1.82, 2.24) is 20.0 Å². The van der Waals surface area contributed by atoms with E-state index in [2.05, 4.69) is 93.6 Å². The Morgan fingerprint density at radius 1 is 0.905 bits per heavy atom. The average Bonchev–Trinajstić information content (AvgIpc) is 3.03. The summed E-state index contributed by atoms with van der Waals surface area (Å²) in [6.45, 7) is 6.53. The lowest BCUT2D eigenvalue weighted by Gasteiger charge is -2.45. The molecular weight excluding hydrogens is 520 g/mol. The smallest absolute Gasteiger partial charge is 0.222 e. The molecule has 0 aromatic heterocycles. The van der Waals surface area contributed by atoms with E-state index in [0.29, 0.717) is 13.0 Å². The minimum Gasteiger partial charge on any atom is -0.352 e. The van der Waals surface area contributed by atoms with Gasteiger partial charge in [-0.3, -0.25) is 9.69 Å². The van der Waals surface area contributed by atoms with Gasteiger partial charge in [-0.2, -0.15) is 0 Å². The molecule has 3 aromatic carbocycles. The van der Waals surface area contributed by atoms with Crippen LogP contribution in [0.3, 0.4) is 0 Å². The van der Waals surface area contributed by atoms with Crippen LogP contribution in [0.2, 0.25) is 0 Å². The molecule has 1 amide bonds. The summed E-state index contributed by atoms with van der Waals surface area (Å²) in [5.41, 5.74) is 7.23. The second-order valence-corrected chi connectivity index (χ2v) is 12.1. The van der Waals surface area contributed by atoms with Crippen molar-refractivity contribution in [1.29, 1.82) is 0 Å². The Bertz CT molecular complexity index is 1400. The normalized spacial score (nSPS) is 18.8. The highest BCUT2D eigenvalue weighted by Crippen LogP contribution is 2.41. The van der Waals surface area contributed by atoms with Gasteiger partial charge in [0.2, 0.25) is 11.9 Å². The van der Waals surface area contributed by atoms with E-state index in [1.807, 2.05) is 18.2 Å². The largest absolute Gasteiger partial charge is 0.352 e. The van der Waals surface area contributed by atoms with Crippen LogP contribution in [0, 0.1) is 0 Å². The molecule has 0 bridgehead atoms. The second-order valence-electron chi connectivity index (χ2n) is 12.1. The second kappa shape index (κ2) is 13.1. The maximum atomic E-state index is 13.6. The van der Waals surface area contributed by atoms with Gasteiger partial charge in [-0.1, -0.05) is 54.6 Å². The number of fused-ring (bicyclic) bond motifs is 2. The number of piperazine rings is 1. The fourth-order valence-electron chi connectivity index (χ4n) is 6.46. The molecule has 1 unspecified atom stereocenters. The van der Waals surface area contributed by atoms with Gasteiger partial charge in [-0.05, 0) is 74.7 Å². The topological polar surface area (TPSA) is 54.4 Å². The van der Waals surface area contributed by atoms with E-state index in [1.165, 1.54) is 24.0 Å². The van der Waals surface area contributed by atoms with Gasteiger partial charge in [-0.25, -0.2) is 4.99 Å². The van der Waals surface area contributed by atoms with Gasteiger partial charge in [0.1, 0.15) is 0 Å². The maximum Gasteiger partial charge on any atom is 0.222 e. The number of guanidine groups is 1. The van der Waals surface area contributed by atoms with Crippen molar-refractivity contribution < 1.29 is 4.79 Å². The number of nitrogens with zero attached hydrogens (tertiary/aromatic N) is 5. The third-order valence-electron chi connectivity index (χ3n) is 8.88. The quantitative estimate of drug-likeness (QED) is 0.418. The zero-order valence-corrected chi connectivity index (χ0v) is 25.1. The van der Waals surface area contributed by atoms with Crippen LogP contribution in [0.5, 0.6) is 0 Å². The molecule has 1 saturated heterocycles. The molecule has 42 heavy (non-hydrogen) atoms. The van der Waals surface area contributed by atoms with E-state index in [9.17, 15) is 4.79 Å². The van der Waals surface area contributed by atoms with Crippen LogP contribution in [0.25, 0.3) is 0 Å². The van der Waals surface area contributed by atoms with Crippen molar-refractivity contribution >= 4 is 23.2 Å². The van der Waals surface area contributed by atoms with Crippen LogP contribution >= 0.6 is 0 Å². The molecule has 7 nitrogen and oxygen atoms in total. The van der Waals surface area contributed by atoms with Crippen LogP contribution < -0.4 is 10.2 Å². The number of benzene rings is 3. The number of carbonyl (C=O) groups is 1. The Kier molecular flexibility index (Phi) is 8.87. The van der Waals surface area contributed by atoms with Crippen LogP contribution in [-0.4, -0.2) is 79.9 Å². The summed E-state index contributed by atoms with van der Waals surface area (Å²) >= 11 is 0. The summed E-state index contributed by atoms with van der Waals surface area (Å²) in [7, 11) is 4.27. The minimum atomic E-state index is -0.141. The van der Waals surface area contributed by atoms with Crippen LogP contribution in [-0.2, 0) is 24.2 Å². The minimum absolute atomic E-state index is 0.0522. The monoisotopic (exact) mass is 564 g/mol. The summed E-state index contributed by atoms with van der Waals surface area (Å²) in [5, 5.41) is 3.19. The van der Waals surface area contributed by atoms with E-state index in [1.54, 1.807) is 0 Å². The van der Waals surface area contributed by atoms with E-state index in [0.717, 1.165) is 80.6 Å². The van der Waals surface area contributed by atoms with Crippen LogP contribution in [0.15, 0.2) is 77.8 Å². The fraction of sp³-hybridized carbons (Fsp3) is 0.429. The number of hydrogen-bond acceptors (Lipinski definition) is 6. The third kappa shape index (κ3) is 6.53. The summed E-state index contributed by atoms with van der Waals surface area (Å²) in [4.78, 5) is 28.5. The standard InChI is InChI=1S/C35H44N6O/c1-38(2)18-19-39-20-22-40(23-21-39)35-37-32-15-9-8-14-31(32)33(25-34(42)36-26-27-10-4-3-5-11-27)41(35)30-17-16-28-12-6-7-13-29(28)24-30/h3-5,8-11,14-17,24,33H,6-7,12-13,18-23,25-26H2,1-2H3,(H,36,42). The molecule has 3 aliphatic rings. The predicted octanol–water partition coefficient (Wildman–Crippen LogP) is 5.00. The first-order valence-electron chi connectivity index (χ1n) is 15.6. The molecule has 0 radical (unpaired) electrons. The lowest BCUT2D eigenvalue weighted by molar-refractivity contribution is -0.121. The predicted molar refractivity (Wildman–Crippen MR) is 171 cm³/mol. The summed E-state index contributed by atoms with van der Waals surface area (Å²) < 4.78 is 0. The molecular formula is C35H44N6O. The van der Waals surface area contributed by atoms with Crippen molar-refractivity contribution in [2.24, 2.45) is 4.99 Å². The molecule has 3 aromatic rings. The molecule has 2 aliphatic heterocycles. The summed E-state index contributed by atoms with van der Waals surface area (Å²) in [6.07, 6.45) is 5.13. The lowest BCUT2D eigenvalue weighted by atomic mass is 9.90. The summed E-state index contributed by atoms with van der Waals surface area (Å²) in [6, 6.07) is 25.3. The Labute approximate surface area is 250 Å². The van der Waals surface area contributed by atoms with Gasteiger partial charge in [0, 0.05) is 57.1 Å². The van der Waals surface area contributed by atoms with Crippen molar-refractivity contribution in [2.75, 3.05) is 58.3 Å². The molecule has 220 valence electrons. The third-order valence-corrected chi connectivity index (χ3v) is 8.88. The van der Waals surface area contributed by atoms with E-state index < -0.39 is 0 Å². The fourth-order valence-corrected chi connectivity index (χ4v) is 6.46. The van der Waals surface area contributed by atoms with Crippen molar-refractivity contribution in [3.05, 3.63) is 95.1 Å². The highest BCUT2D eigenvalue weighted by Gasteiger charge is 2.36. The zero-order valence-electron chi connectivity index (χ0n) is 25.1. The average molecular weight is 565 g/mol. The molecule has 1 fully saturated rings. The van der Waals surface area contributed by atoms with Gasteiger partial charge < -0.3 is 20.0 Å². The maximum absolute atomic E-state index is 13.6. The van der Waals surface area contributed by atoms with Crippen molar-refractivity contribution in [3.63, 3.8) is 0 Å². The molecule has 0 saturated carbocycles. The van der Waals surface area contributed by atoms with Gasteiger partial charge in [0.15, 0.2) is 0 Å². The van der Waals surface area contributed by atoms with Crippen molar-refractivity contribution in [3.8, 4) is 0 Å². The molecule has 1 N–H and O–H groups in total. The highest BCUT2D eigenvalue weighted by molar-refractivity contribution is 6.01.